The van der Waals surface area contributed by atoms with Gasteiger partial charge in [-0.1, -0.05) is 22.9 Å². The summed E-state index contributed by atoms with van der Waals surface area (Å²) in [6, 6.07) is 7.06. The third-order valence-electron chi connectivity index (χ3n) is 5.48. The van der Waals surface area contributed by atoms with Crippen LogP contribution in [0.1, 0.15) is 37.7 Å². The van der Waals surface area contributed by atoms with E-state index in [0.717, 1.165) is 24.8 Å². The van der Waals surface area contributed by atoms with Gasteiger partial charge < -0.3 is 10.2 Å². The SMILES string of the molecule is Cc1ccc(S(=O)(=O)N2CCC3(CC(C(=O)NC4CCC4)=NO3)C2)cc1. The normalized spacial score (nSPS) is 26.4. The monoisotopic (exact) mass is 377 g/mol. The van der Waals surface area contributed by atoms with E-state index < -0.39 is 15.6 Å². The van der Waals surface area contributed by atoms with Crippen LogP contribution in [0.2, 0.25) is 0 Å². The Morgan fingerprint density at radius 2 is 2.04 bits per heavy atom. The van der Waals surface area contributed by atoms with Crippen molar-refractivity contribution in [2.45, 2.75) is 55.6 Å². The molecule has 1 spiro atoms. The largest absolute Gasteiger partial charge is 0.387 e. The quantitative estimate of drug-likeness (QED) is 0.863. The molecule has 2 fully saturated rings. The third kappa shape index (κ3) is 3.12. The number of hydrogen-bond acceptors (Lipinski definition) is 5. The molecule has 1 aliphatic carbocycles. The number of carbonyl (C=O) groups excluding carboxylic acids is 1. The lowest BCUT2D eigenvalue weighted by Crippen LogP contribution is -2.44. The molecule has 2 heterocycles. The van der Waals surface area contributed by atoms with Gasteiger partial charge in [0.05, 0.1) is 11.4 Å². The molecule has 1 atom stereocenters. The smallest absolute Gasteiger partial charge is 0.269 e. The first-order valence-electron chi connectivity index (χ1n) is 9.01. The van der Waals surface area contributed by atoms with Crippen molar-refractivity contribution in [3.63, 3.8) is 0 Å². The highest BCUT2D eigenvalue weighted by Crippen LogP contribution is 2.36. The molecule has 3 aliphatic rings. The molecule has 8 heteroatoms. The molecular formula is C18H23N3O4S. The number of rotatable bonds is 4. The van der Waals surface area contributed by atoms with Crippen LogP contribution in [0.25, 0.3) is 0 Å². The highest BCUT2D eigenvalue weighted by molar-refractivity contribution is 7.89. The minimum absolute atomic E-state index is 0.189. The van der Waals surface area contributed by atoms with Gasteiger partial charge >= 0.3 is 0 Å². The van der Waals surface area contributed by atoms with Gasteiger partial charge in [0.15, 0.2) is 5.60 Å². The molecule has 1 aromatic rings. The van der Waals surface area contributed by atoms with Crippen molar-refractivity contribution in [1.82, 2.24) is 9.62 Å². The van der Waals surface area contributed by atoms with E-state index in [-0.39, 0.29) is 23.4 Å². The highest BCUT2D eigenvalue weighted by atomic mass is 32.2. The van der Waals surface area contributed by atoms with Crippen molar-refractivity contribution in [2.24, 2.45) is 5.16 Å². The summed E-state index contributed by atoms with van der Waals surface area (Å²) in [6.07, 6.45) is 4.04. The molecule has 2 aliphatic heterocycles. The van der Waals surface area contributed by atoms with Crippen LogP contribution in [0.15, 0.2) is 34.3 Å². The Kier molecular flexibility index (Phi) is 4.27. The maximum atomic E-state index is 12.8. The van der Waals surface area contributed by atoms with Gasteiger partial charge in [-0.05, 0) is 38.3 Å². The average molecular weight is 377 g/mol. The summed E-state index contributed by atoms with van der Waals surface area (Å²) in [5.74, 6) is -0.189. The Morgan fingerprint density at radius 1 is 1.31 bits per heavy atom. The molecule has 1 unspecified atom stereocenters. The second-order valence-corrected chi connectivity index (χ2v) is 9.43. The lowest BCUT2D eigenvalue weighted by atomic mass is 9.92. The summed E-state index contributed by atoms with van der Waals surface area (Å²) in [7, 11) is -3.57. The van der Waals surface area contributed by atoms with Crippen LogP contribution in [-0.4, -0.2) is 49.1 Å². The zero-order valence-corrected chi connectivity index (χ0v) is 15.6. The number of sulfonamides is 1. The predicted molar refractivity (Wildman–Crippen MR) is 96.2 cm³/mol. The average Bonchev–Trinajstić information content (AvgIpc) is 3.19. The summed E-state index contributed by atoms with van der Waals surface area (Å²) < 4.78 is 27.1. The second-order valence-electron chi connectivity index (χ2n) is 7.49. The van der Waals surface area contributed by atoms with Gasteiger partial charge in [-0.2, -0.15) is 4.31 Å². The van der Waals surface area contributed by atoms with Crippen LogP contribution in [0, 0.1) is 6.92 Å². The van der Waals surface area contributed by atoms with Gasteiger partial charge in [-0.15, -0.1) is 0 Å². The zero-order valence-electron chi connectivity index (χ0n) is 14.8. The molecule has 1 saturated heterocycles. The summed E-state index contributed by atoms with van der Waals surface area (Å²) in [5.41, 5.74) is 0.660. The van der Waals surface area contributed by atoms with E-state index in [4.69, 9.17) is 4.84 Å². The Morgan fingerprint density at radius 3 is 2.69 bits per heavy atom. The number of amides is 1. The maximum absolute atomic E-state index is 12.8. The van der Waals surface area contributed by atoms with Gasteiger partial charge in [0.1, 0.15) is 5.71 Å². The molecule has 4 rings (SSSR count). The van der Waals surface area contributed by atoms with Crippen molar-refractivity contribution < 1.29 is 18.0 Å². The second kappa shape index (κ2) is 6.35. The van der Waals surface area contributed by atoms with E-state index in [0.29, 0.717) is 25.1 Å². The van der Waals surface area contributed by atoms with E-state index in [1.807, 2.05) is 6.92 Å². The van der Waals surface area contributed by atoms with E-state index in [2.05, 4.69) is 10.5 Å². The van der Waals surface area contributed by atoms with Crippen molar-refractivity contribution in [1.29, 1.82) is 0 Å². The minimum atomic E-state index is -3.57. The van der Waals surface area contributed by atoms with Gasteiger partial charge in [-0.3, -0.25) is 4.79 Å². The van der Waals surface area contributed by atoms with Crippen molar-refractivity contribution in [3.8, 4) is 0 Å². The molecule has 0 radical (unpaired) electrons. The number of aryl methyl sites for hydroxylation is 1. The highest BCUT2D eigenvalue weighted by Gasteiger charge is 2.50. The number of hydrogen-bond donors (Lipinski definition) is 1. The Hall–Kier alpha value is -1.93. The fourth-order valence-electron chi connectivity index (χ4n) is 3.56. The molecule has 140 valence electrons. The maximum Gasteiger partial charge on any atom is 0.269 e. The van der Waals surface area contributed by atoms with Gasteiger partial charge in [0.25, 0.3) is 5.91 Å². The third-order valence-corrected chi connectivity index (χ3v) is 7.34. The molecule has 1 N–H and O–H groups in total. The molecule has 1 amide bonds. The van der Waals surface area contributed by atoms with Crippen molar-refractivity contribution >= 4 is 21.6 Å². The molecule has 26 heavy (non-hydrogen) atoms. The minimum Gasteiger partial charge on any atom is -0.387 e. The first-order valence-corrected chi connectivity index (χ1v) is 10.4. The van der Waals surface area contributed by atoms with Crippen molar-refractivity contribution in [2.75, 3.05) is 13.1 Å². The summed E-state index contributed by atoms with van der Waals surface area (Å²) in [6.45, 7) is 2.50. The Bertz CT molecular complexity index is 846. The van der Waals surface area contributed by atoms with Crippen LogP contribution in [0.5, 0.6) is 0 Å². The van der Waals surface area contributed by atoms with E-state index >= 15 is 0 Å². The van der Waals surface area contributed by atoms with Crippen molar-refractivity contribution in [3.05, 3.63) is 29.8 Å². The van der Waals surface area contributed by atoms with Crippen LogP contribution in [0.4, 0.5) is 0 Å². The van der Waals surface area contributed by atoms with Crippen LogP contribution in [-0.2, 0) is 19.7 Å². The summed E-state index contributed by atoms with van der Waals surface area (Å²) in [4.78, 5) is 18.1. The van der Waals surface area contributed by atoms with E-state index in [9.17, 15) is 13.2 Å². The number of benzene rings is 1. The van der Waals surface area contributed by atoms with Crippen LogP contribution in [0.3, 0.4) is 0 Å². The molecule has 0 aromatic heterocycles. The fourth-order valence-corrected chi connectivity index (χ4v) is 5.07. The standard InChI is InChI=1S/C18H23N3O4S/c1-13-5-7-15(8-6-13)26(23,24)21-10-9-18(12-21)11-16(20-25-18)17(22)19-14-3-2-4-14/h5-8,14H,2-4,9-12H2,1H3,(H,19,22). The summed E-state index contributed by atoms with van der Waals surface area (Å²) in [5, 5.41) is 6.92. The van der Waals surface area contributed by atoms with Gasteiger partial charge in [0.2, 0.25) is 10.0 Å². The lowest BCUT2D eigenvalue weighted by molar-refractivity contribution is -0.116. The van der Waals surface area contributed by atoms with Gasteiger partial charge in [0, 0.05) is 25.4 Å². The summed E-state index contributed by atoms with van der Waals surface area (Å²) >= 11 is 0. The number of carbonyl (C=O) groups is 1. The van der Waals surface area contributed by atoms with E-state index in [1.165, 1.54) is 4.31 Å². The van der Waals surface area contributed by atoms with Crippen LogP contribution >= 0.6 is 0 Å². The fraction of sp³-hybridized carbons (Fsp3) is 0.556. The van der Waals surface area contributed by atoms with Crippen LogP contribution < -0.4 is 5.32 Å². The lowest BCUT2D eigenvalue weighted by Gasteiger charge is -2.26. The number of nitrogens with zero attached hydrogens (tertiary/aromatic N) is 2. The molecule has 7 nitrogen and oxygen atoms in total. The number of nitrogens with one attached hydrogen (secondary N) is 1. The first kappa shape index (κ1) is 17.5. The molecule has 1 saturated carbocycles. The first-order chi connectivity index (χ1) is 12.4. The topological polar surface area (TPSA) is 88.1 Å². The van der Waals surface area contributed by atoms with Gasteiger partial charge in [-0.25, -0.2) is 8.42 Å². The predicted octanol–water partition coefficient (Wildman–Crippen LogP) is 1.57. The Balaban J connectivity index is 1.42. The molecular weight excluding hydrogens is 354 g/mol. The molecule has 0 bridgehead atoms. The van der Waals surface area contributed by atoms with E-state index in [1.54, 1.807) is 24.3 Å². The Labute approximate surface area is 153 Å². The zero-order chi connectivity index (χ0) is 18.4. The molecule has 1 aromatic carbocycles. The number of oxime groups is 1.